The van der Waals surface area contributed by atoms with Crippen molar-refractivity contribution in [2.75, 3.05) is 38.0 Å². The van der Waals surface area contributed by atoms with E-state index in [4.69, 9.17) is 4.42 Å². The molecule has 2 fully saturated rings. The molecule has 0 amide bonds. The first-order valence-corrected chi connectivity index (χ1v) is 11.6. The number of anilines is 1. The van der Waals surface area contributed by atoms with E-state index in [0.717, 1.165) is 31.7 Å². The van der Waals surface area contributed by atoms with Crippen molar-refractivity contribution in [1.29, 1.82) is 0 Å². The number of hydrogen-bond acceptors (Lipinski definition) is 6. The van der Waals surface area contributed by atoms with Crippen LogP contribution in [0.1, 0.15) is 43.9 Å². The smallest absolute Gasteiger partial charge is 0.244 e. The van der Waals surface area contributed by atoms with E-state index in [9.17, 15) is 8.42 Å². The normalized spacial score (nSPS) is 20.3. The highest BCUT2D eigenvalue weighted by Crippen LogP contribution is 2.26. The van der Waals surface area contributed by atoms with Gasteiger partial charge in [-0.15, -0.1) is 0 Å². The lowest BCUT2D eigenvalue weighted by atomic mass is 10.1. The summed E-state index contributed by atoms with van der Waals surface area (Å²) in [6.45, 7) is 3.99. The molecule has 1 atom stereocenters. The Bertz CT molecular complexity index is 840. The second-order valence-corrected chi connectivity index (χ2v) is 9.44. The number of aromatic nitrogens is 1. The highest BCUT2D eigenvalue weighted by molar-refractivity contribution is 7.89. The molecule has 0 bridgehead atoms. The van der Waals surface area contributed by atoms with Gasteiger partial charge >= 0.3 is 0 Å². The van der Waals surface area contributed by atoms with Crippen molar-refractivity contribution >= 4 is 15.8 Å². The molecule has 4 rings (SSSR count). The standard InChI is InChI=1S/C20H28N4O3S/c25-28(26,24-12-4-5-13-24)17-8-9-20(21-15-17)22-16-18(19-7-6-14-27-19)23-10-2-1-3-11-23/h6-9,14-15,18H,1-5,10-13,16H2,(H,21,22). The summed E-state index contributed by atoms with van der Waals surface area (Å²) in [5, 5.41) is 3.36. The largest absolute Gasteiger partial charge is 0.468 e. The molecule has 2 aliphatic heterocycles. The summed E-state index contributed by atoms with van der Waals surface area (Å²) in [5.74, 6) is 1.62. The molecule has 0 saturated carbocycles. The van der Waals surface area contributed by atoms with Gasteiger partial charge in [-0.1, -0.05) is 6.42 Å². The van der Waals surface area contributed by atoms with Crippen molar-refractivity contribution in [1.82, 2.24) is 14.2 Å². The van der Waals surface area contributed by atoms with Crippen LogP contribution in [0, 0.1) is 0 Å². The van der Waals surface area contributed by atoms with Crippen LogP contribution in [0.15, 0.2) is 46.0 Å². The number of hydrogen-bond donors (Lipinski definition) is 1. The summed E-state index contributed by atoms with van der Waals surface area (Å²) in [6.07, 6.45) is 8.72. The Hall–Kier alpha value is -1.90. The maximum absolute atomic E-state index is 12.6. The van der Waals surface area contributed by atoms with Gasteiger partial charge < -0.3 is 9.73 Å². The summed E-state index contributed by atoms with van der Waals surface area (Å²) in [4.78, 5) is 7.06. The van der Waals surface area contributed by atoms with Crippen LogP contribution >= 0.6 is 0 Å². The molecule has 0 spiro atoms. The van der Waals surface area contributed by atoms with Crippen molar-refractivity contribution in [2.24, 2.45) is 0 Å². The number of pyridine rings is 1. The van der Waals surface area contributed by atoms with E-state index in [0.29, 0.717) is 25.5 Å². The molecule has 4 heterocycles. The van der Waals surface area contributed by atoms with E-state index >= 15 is 0 Å². The number of furan rings is 1. The van der Waals surface area contributed by atoms with Crippen LogP contribution in [0.4, 0.5) is 5.82 Å². The monoisotopic (exact) mass is 404 g/mol. The van der Waals surface area contributed by atoms with E-state index in [1.807, 2.05) is 12.1 Å². The molecule has 28 heavy (non-hydrogen) atoms. The van der Waals surface area contributed by atoms with Crippen LogP contribution < -0.4 is 5.32 Å². The van der Waals surface area contributed by atoms with E-state index in [1.165, 1.54) is 25.5 Å². The van der Waals surface area contributed by atoms with Gasteiger partial charge in [-0.25, -0.2) is 13.4 Å². The molecule has 2 aromatic rings. The maximum atomic E-state index is 12.6. The van der Waals surface area contributed by atoms with Gasteiger partial charge in [-0.3, -0.25) is 4.90 Å². The molecule has 2 aliphatic rings. The second kappa shape index (κ2) is 8.63. The third kappa shape index (κ3) is 4.24. The SMILES string of the molecule is O=S(=O)(c1ccc(NCC(c2ccco2)N2CCCCC2)nc1)N1CCCC1. The zero-order valence-electron chi connectivity index (χ0n) is 16.1. The molecule has 7 nitrogen and oxygen atoms in total. The topological polar surface area (TPSA) is 78.7 Å². The van der Waals surface area contributed by atoms with Gasteiger partial charge in [-0.05, 0) is 63.0 Å². The Kier molecular flexibility index (Phi) is 5.99. The first kappa shape index (κ1) is 19.4. The predicted molar refractivity (Wildman–Crippen MR) is 108 cm³/mol. The zero-order chi connectivity index (χ0) is 19.4. The molecule has 0 aliphatic carbocycles. The van der Waals surface area contributed by atoms with Gasteiger partial charge in [0.05, 0.1) is 12.3 Å². The van der Waals surface area contributed by atoms with Crippen LogP contribution in [-0.2, 0) is 10.0 Å². The zero-order valence-corrected chi connectivity index (χ0v) is 16.9. The molecular formula is C20H28N4O3S. The fourth-order valence-corrected chi connectivity index (χ4v) is 5.50. The maximum Gasteiger partial charge on any atom is 0.244 e. The molecule has 1 unspecified atom stereocenters. The van der Waals surface area contributed by atoms with Crippen molar-refractivity contribution in [2.45, 2.75) is 43.0 Å². The predicted octanol–water partition coefficient (Wildman–Crippen LogP) is 3.10. The number of rotatable bonds is 7. The second-order valence-electron chi connectivity index (χ2n) is 7.50. The van der Waals surface area contributed by atoms with Crippen LogP contribution in [0.2, 0.25) is 0 Å². The minimum Gasteiger partial charge on any atom is -0.468 e. The number of piperidine rings is 1. The van der Waals surface area contributed by atoms with Crippen LogP contribution in [0.3, 0.4) is 0 Å². The molecule has 0 aromatic carbocycles. The number of nitrogens with one attached hydrogen (secondary N) is 1. The molecule has 1 N–H and O–H groups in total. The lowest BCUT2D eigenvalue weighted by Gasteiger charge is -2.33. The summed E-state index contributed by atoms with van der Waals surface area (Å²) in [7, 11) is -3.42. The lowest BCUT2D eigenvalue weighted by Crippen LogP contribution is -2.37. The number of sulfonamides is 1. The summed E-state index contributed by atoms with van der Waals surface area (Å²) >= 11 is 0. The highest BCUT2D eigenvalue weighted by atomic mass is 32.2. The first-order valence-electron chi connectivity index (χ1n) is 10.1. The molecule has 2 aromatic heterocycles. The van der Waals surface area contributed by atoms with Crippen LogP contribution in [0.5, 0.6) is 0 Å². The average molecular weight is 405 g/mol. The van der Waals surface area contributed by atoms with Gasteiger partial charge in [0.25, 0.3) is 0 Å². The summed E-state index contributed by atoms with van der Waals surface area (Å²) in [5.41, 5.74) is 0. The van der Waals surface area contributed by atoms with E-state index in [-0.39, 0.29) is 10.9 Å². The lowest BCUT2D eigenvalue weighted by molar-refractivity contribution is 0.153. The quantitative estimate of drug-likeness (QED) is 0.764. The van der Waals surface area contributed by atoms with Gasteiger partial charge in [0.1, 0.15) is 16.5 Å². The molecular weight excluding hydrogens is 376 g/mol. The molecule has 152 valence electrons. The third-order valence-corrected chi connectivity index (χ3v) is 7.50. The Balaban J connectivity index is 1.43. The first-order chi connectivity index (χ1) is 13.6. The van der Waals surface area contributed by atoms with E-state index in [2.05, 4.69) is 15.2 Å². The Morgan fingerprint density at radius 1 is 1.04 bits per heavy atom. The minimum absolute atomic E-state index is 0.144. The van der Waals surface area contributed by atoms with E-state index < -0.39 is 10.0 Å². The van der Waals surface area contributed by atoms with Gasteiger partial charge in [-0.2, -0.15) is 4.31 Å². The van der Waals surface area contributed by atoms with Crippen molar-refractivity contribution in [3.63, 3.8) is 0 Å². The fraction of sp³-hybridized carbons (Fsp3) is 0.550. The molecule has 8 heteroatoms. The van der Waals surface area contributed by atoms with Crippen molar-refractivity contribution < 1.29 is 12.8 Å². The van der Waals surface area contributed by atoms with E-state index in [1.54, 1.807) is 22.7 Å². The summed E-state index contributed by atoms with van der Waals surface area (Å²) in [6, 6.07) is 7.47. The van der Waals surface area contributed by atoms with Gasteiger partial charge in [0.2, 0.25) is 10.0 Å². The minimum atomic E-state index is -3.42. The Labute approximate surface area is 166 Å². The van der Waals surface area contributed by atoms with Crippen LogP contribution in [0.25, 0.3) is 0 Å². The third-order valence-electron chi connectivity index (χ3n) is 5.62. The molecule has 2 saturated heterocycles. The van der Waals surface area contributed by atoms with Gasteiger partial charge in [0.15, 0.2) is 0 Å². The van der Waals surface area contributed by atoms with Crippen molar-refractivity contribution in [3.8, 4) is 0 Å². The number of likely N-dealkylation sites (tertiary alicyclic amines) is 1. The Morgan fingerprint density at radius 3 is 2.43 bits per heavy atom. The fourth-order valence-electron chi connectivity index (χ4n) is 4.04. The average Bonchev–Trinajstić information content (AvgIpc) is 3.44. The number of nitrogens with zero attached hydrogens (tertiary/aromatic N) is 3. The highest BCUT2D eigenvalue weighted by Gasteiger charge is 2.28. The summed E-state index contributed by atoms with van der Waals surface area (Å²) < 4.78 is 32.5. The van der Waals surface area contributed by atoms with Crippen molar-refractivity contribution in [3.05, 3.63) is 42.5 Å². The Morgan fingerprint density at radius 2 is 1.79 bits per heavy atom. The van der Waals surface area contributed by atoms with Crippen LogP contribution in [-0.4, -0.2) is 55.3 Å². The molecule has 0 radical (unpaired) electrons. The van der Waals surface area contributed by atoms with Gasteiger partial charge in [0, 0.05) is 25.8 Å².